The maximum Gasteiger partial charge on any atom is 0.101 e. The number of aryl methyl sites for hydroxylation is 1. The smallest absolute Gasteiger partial charge is 0.101 e. The van der Waals surface area contributed by atoms with E-state index >= 15 is 0 Å². The van der Waals surface area contributed by atoms with Gasteiger partial charge in [-0.1, -0.05) is 28.1 Å². The van der Waals surface area contributed by atoms with E-state index in [2.05, 4.69) is 37.0 Å². The molecule has 0 spiro atoms. The molecule has 0 saturated heterocycles. The summed E-state index contributed by atoms with van der Waals surface area (Å²) in [5.74, 6) is 0. The molecule has 0 aliphatic carbocycles. The van der Waals surface area contributed by atoms with Gasteiger partial charge in [-0.05, 0) is 40.5 Å². The van der Waals surface area contributed by atoms with Crippen LogP contribution in [0.4, 0.5) is 0 Å². The van der Waals surface area contributed by atoms with Gasteiger partial charge in [0.05, 0.1) is 16.4 Å². The van der Waals surface area contributed by atoms with E-state index in [-0.39, 0.29) is 0 Å². The molecule has 1 heterocycles. The first-order valence-electron chi connectivity index (χ1n) is 5.75. The summed E-state index contributed by atoms with van der Waals surface area (Å²) >= 11 is 6.83. The maximum atomic E-state index is 10.3. The Balaban J connectivity index is 2.18. The lowest BCUT2D eigenvalue weighted by atomic mass is 10.1. The number of aliphatic hydroxyl groups is 1. The fraction of sp³-hybridized carbons (Fsp3) is 0.308. The summed E-state index contributed by atoms with van der Waals surface area (Å²) in [7, 11) is 0. The largest absolute Gasteiger partial charge is 0.386 e. The Labute approximate surface area is 123 Å². The number of hydrogen-bond acceptors (Lipinski definition) is 2. The number of halogens is 2. The number of nitrogens with zero attached hydrogens (tertiary/aromatic N) is 2. The molecule has 1 N–H and O–H groups in total. The standard InChI is InChI=1S/C13H14Br2N2O/c1-2-17-13(11(15)8-16-17)12(18)7-9-3-5-10(14)6-4-9/h3-6,8,12,18H,2,7H2,1H3. The van der Waals surface area contributed by atoms with Crippen LogP contribution in [-0.4, -0.2) is 14.9 Å². The number of rotatable bonds is 4. The van der Waals surface area contributed by atoms with Gasteiger partial charge in [-0.3, -0.25) is 4.68 Å². The highest BCUT2D eigenvalue weighted by Gasteiger charge is 2.17. The minimum absolute atomic E-state index is 0.553. The van der Waals surface area contributed by atoms with E-state index in [0.29, 0.717) is 6.42 Å². The molecule has 0 bridgehead atoms. The quantitative estimate of drug-likeness (QED) is 0.887. The van der Waals surface area contributed by atoms with Crippen LogP contribution in [0.2, 0.25) is 0 Å². The predicted octanol–water partition coefficient (Wildman–Crippen LogP) is 3.70. The zero-order valence-electron chi connectivity index (χ0n) is 9.98. The van der Waals surface area contributed by atoms with Crippen LogP contribution in [0.3, 0.4) is 0 Å². The Bertz CT molecular complexity index is 522. The molecular weight excluding hydrogens is 360 g/mol. The number of aromatic nitrogens is 2. The molecule has 0 aliphatic rings. The van der Waals surface area contributed by atoms with E-state index in [1.165, 1.54) is 0 Å². The Hall–Kier alpha value is -0.650. The second-order valence-corrected chi connectivity index (χ2v) is 5.81. The third-order valence-corrected chi connectivity index (χ3v) is 3.93. The van der Waals surface area contributed by atoms with Gasteiger partial charge >= 0.3 is 0 Å². The SMILES string of the molecule is CCn1ncc(Br)c1C(O)Cc1ccc(Br)cc1. The normalized spacial score (nSPS) is 12.7. The van der Waals surface area contributed by atoms with Crippen LogP contribution in [0.1, 0.15) is 24.3 Å². The zero-order chi connectivity index (χ0) is 13.1. The highest BCUT2D eigenvalue weighted by molar-refractivity contribution is 9.10. The van der Waals surface area contributed by atoms with Crippen LogP contribution in [0.15, 0.2) is 39.4 Å². The highest BCUT2D eigenvalue weighted by atomic mass is 79.9. The van der Waals surface area contributed by atoms with Gasteiger partial charge in [-0.15, -0.1) is 0 Å². The number of aliphatic hydroxyl groups excluding tert-OH is 1. The van der Waals surface area contributed by atoms with Crippen molar-refractivity contribution in [1.82, 2.24) is 9.78 Å². The predicted molar refractivity (Wildman–Crippen MR) is 78.4 cm³/mol. The fourth-order valence-corrected chi connectivity index (χ4v) is 2.72. The van der Waals surface area contributed by atoms with Crippen molar-refractivity contribution in [1.29, 1.82) is 0 Å². The summed E-state index contributed by atoms with van der Waals surface area (Å²) in [5, 5.41) is 14.5. The van der Waals surface area contributed by atoms with Crippen molar-refractivity contribution in [3.8, 4) is 0 Å². The topological polar surface area (TPSA) is 38.0 Å². The Morgan fingerprint density at radius 2 is 1.94 bits per heavy atom. The van der Waals surface area contributed by atoms with Crippen LogP contribution in [-0.2, 0) is 13.0 Å². The van der Waals surface area contributed by atoms with Gasteiger partial charge < -0.3 is 5.11 Å². The summed E-state index contributed by atoms with van der Waals surface area (Å²) in [4.78, 5) is 0. The van der Waals surface area contributed by atoms with Crippen LogP contribution in [0.25, 0.3) is 0 Å². The number of benzene rings is 1. The molecular formula is C13H14Br2N2O. The molecule has 2 aromatic rings. The molecule has 0 radical (unpaired) electrons. The van der Waals surface area contributed by atoms with Crippen LogP contribution < -0.4 is 0 Å². The van der Waals surface area contributed by atoms with Gasteiger partial charge in [0, 0.05) is 17.4 Å². The average molecular weight is 374 g/mol. The van der Waals surface area contributed by atoms with Gasteiger partial charge in [0.15, 0.2) is 0 Å². The van der Waals surface area contributed by atoms with Crippen LogP contribution in [0.5, 0.6) is 0 Å². The molecule has 0 aliphatic heterocycles. The van der Waals surface area contributed by atoms with Gasteiger partial charge in [-0.25, -0.2) is 0 Å². The van der Waals surface area contributed by atoms with Crippen molar-refractivity contribution in [3.05, 3.63) is 50.7 Å². The fourth-order valence-electron chi connectivity index (χ4n) is 1.90. The van der Waals surface area contributed by atoms with Crippen molar-refractivity contribution in [2.75, 3.05) is 0 Å². The lowest BCUT2D eigenvalue weighted by Gasteiger charge is -2.13. The van der Waals surface area contributed by atoms with Gasteiger partial charge in [0.1, 0.15) is 6.10 Å². The van der Waals surface area contributed by atoms with E-state index in [9.17, 15) is 5.11 Å². The van der Waals surface area contributed by atoms with E-state index in [4.69, 9.17) is 0 Å². The molecule has 0 fully saturated rings. The summed E-state index contributed by atoms with van der Waals surface area (Å²) in [5.41, 5.74) is 1.93. The van der Waals surface area contributed by atoms with Crippen molar-refractivity contribution < 1.29 is 5.11 Å². The summed E-state index contributed by atoms with van der Waals surface area (Å²) in [6.45, 7) is 2.76. The molecule has 3 nitrogen and oxygen atoms in total. The first kappa shape index (κ1) is 13.8. The Kier molecular flexibility index (Phi) is 4.59. The molecule has 0 saturated carbocycles. The summed E-state index contributed by atoms with van der Waals surface area (Å²) < 4.78 is 3.71. The van der Waals surface area contributed by atoms with Crippen molar-refractivity contribution in [2.45, 2.75) is 26.0 Å². The third-order valence-electron chi connectivity index (χ3n) is 2.79. The lowest BCUT2D eigenvalue weighted by molar-refractivity contribution is 0.166. The molecule has 0 amide bonds. The highest BCUT2D eigenvalue weighted by Crippen LogP contribution is 2.26. The van der Waals surface area contributed by atoms with E-state index in [1.54, 1.807) is 6.20 Å². The first-order valence-corrected chi connectivity index (χ1v) is 7.34. The minimum atomic E-state index is -0.553. The van der Waals surface area contributed by atoms with Crippen molar-refractivity contribution >= 4 is 31.9 Å². The van der Waals surface area contributed by atoms with Gasteiger partial charge in [0.2, 0.25) is 0 Å². The number of hydrogen-bond donors (Lipinski definition) is 1. The third kappa shape index (κ3) is 3.02. The lowest BCUT2D eigenvalue weighted by Crippen LogP contribution is -2.10. The average Bonchev–Trinajstić information content (AvgIpc) is 2.73. The van der Waals surface area contributed by atoms with Crippen molar-refractivity contribution in [3.63, 3.8) is 0 Å². The summed E-state index contributed by atoms with van der Waals surface area (Å²) in [6.07, 6.45) is 1.75. The maximum absolute atomic E-state index is 10.3. The van der Waals surface area contributed by atoms with Gasteiger partial charge in [-0.2, -0.15) is 5.10 Å². The molecule has 1 aromatic carbocycles. The molecule has 96 valence electrons. The van der Waals surface area contributed by atoms with E-state index < -0.39 is 6.10 Å². The second-order valence-electron chi connectivity index (χ2n) is 4.04. The molecule has 1 atom stereocenters. The molecule has 18 heavy (non-hydrogen) atoms. The van der Waals surface area contributed by atoms with Crippen LogP contribution >= 0.6 is 31.9 Å². The minimum Gasteiger partial charge on any atom is -0.386 e. The monoisotopic (exact) mass is 372 g/mol. The summed E-state index contributed by atoms with van der Waals surface area (Å²) in [6, 6.07) is 7.98. The van der Waals surface area contributed by atoms with E-state index in [1.807, 2.05) is 35.9 Å². The molecule has 1 aromatic heterocycles. The van der Waals surface area contributed by atoms with Crippen molar-refractivity contribution in [2.24, 2.45) is 0 Å². The Morgan fingerprint density at radius 1 is 1.28 bits per heavy atom. The second kappa shape index (κ2) is 5.99. The first-order chi connectivity index (χ1) is 8.61. The Morgan fingerprint density at radius 3 is 2.56 bits per heavy atom. The van der Waals surface area contributed by atoms with Crippen LogP contribution in [0, 0.1) is 0 Å². The molecule has 1 unspecified atom stereocenters. The molecule has 5 heteroatoms. The van der Waals surface area contributed by atoms with E-state index in [0.717, 1.165) is 26.7 Å². The molecule has 2 rings (SSSR count). The zero-order valence-corrected chi connectivity index (χ0v) is 13.1. The van der Waals surface area contributed by atoms with Gasteiger partial charge in [0.25, 0.3) is 0 Å².